The van der Waals surface area contributed by atoms with E-state index in [1.807, 2.05) is 19.1 Å². The largest absolute Gasteiger partial charge is 0.480 e. The third kappa shape index (κ3) is 3.75. The first-order chi connectivity index (χ1) is 9.93. The summed E-state index contributed by atoms with van der Waals surface area (Å²) in [5.74, 6) is -0.671. The predicted molar refractivity (Wildman–Crippen MR) is 84.3 cm³/mol. The van der Waals surface area contributed by atoms with Crippen LogP contribution in [0.5, 0.6) is 0 Å². The Kier molecular flexibility index (Phi) is 4.88. The molecule has 1 fully saturated rings. The lowest BCUT2D eigenvalue weighted by Gasteiger charge is -2.37. The third-order valence-corrected chi connectivity index (χ3v) is 4.57. The van der Waals surface area contributed by atoms with Gasteiger partial charge in [0, 0.05) is 4.47 Å². The molecule has 114 valence electrons. The van der Waals surface area contributed by atoms with Gasteiger partial charge in [-0.1, -0.05) is 31.9 Å². The zero-order valence-electron chi connectivity index (χ0n) is 11.9. The number of para-hydroxylation sites is 1. The van der Waals surface area contributed by atoms with Crippen molar-refractivity contribution >= 4 is 33.6 Å². The van der Waals surface area contributed by atoms with E-state index in [0.29, 0.717) is 24.4 Å². The Morgan fingerprint density at radius 3 is 2.71 bits per heavy atom. The maximum atomic E-state index is 12.1. The lowest BCUT2D eigenvalue weighted by atomic mass is 9.76. The third-order valence-electron chi connectivity index (χ3n) is 3.88. The molecule has 1 aliphatic rings. The summed E-state index contributed by atoms with van der Waals surface area (Å²) in [4.78, 5) is 23.8. The summed E-state index contributed by atoms with van der Waals surface area (Å²) in [6, 6.07) is 6.72. The molecule has 3 N–H and O–H groups in total. The van der Waals surface area contributed by atoms with Crippen molar-refractivity contribution in [3.05, 3.63) is 28.7 Å². The number of carbonyl (C=O) groups is 2. The molecular formula is C15H19BrN2O3. The molecule has 0 aliphatic heterocycles. The van der Waals surface area contributed by atoms with Crippen molar-refractivity contribution in [3.8, 4) is 0 Å². The molecule has 0 bridgehead atoms. The van der Waals surface area contributed by atoms with Gasteiger partial charge in [0.1, 0.15) is 5.54 Å². The van der Waals surface area contributed by atoms with Crippen molar-refractivity contribution in [2.45, 2.75) is 38.1 Å². The van der Waals surface area contributed by atoms with Gasteiger partial charge in [-0.3, -0.25) is 0 Å². The van der Waals surface area contributed by atoms with Crippen LogP contribution in [-0.4, -0.2) is 22.6 Å². The molecule has 0 heterocycles. The number of aliphatic carboxylic acids is 1. The standard InChI is InChI=1S/C15H19BrN2O3/c1-10-5-4-8-15(9-10,13(19)20)18-14(21)17-12-7-3-2-6-11(12)16/h2-3,6-7,10H,4-5,8-9H2,1H3,(H,19,20)(H2,17,18,21). The minimum atomic E-state index is -1.16. The van der Waals surface area contributed by atoms with Crippen molar-refractivity contribution in [1.29, 1.82) is 0 Å². The maximum absolute atomic E-state index is 12.1. The van der Waals surface area contributed by atoms with Crippen molar-refractivity contribution in [2.24, 2.45) is 5.92 Å². The molecule has 1 aliphatic carbocycles. The van der Waals surface area contributed by atoms with Crippen LogP contribution in [0, 0.1) is 5.92 Å². The van der Waals surface area contributed by atoms with Crippen LogP contribution in [0.3, 0.4) is 0 Å². The predicted octanol–water partition coefficient (Wildman–Crippen LogP) is 3.60. The molecule has 0 saturated heterocycles. The summed E-state index contributed by atoms with van der Waals surface area (Å²) in [5, 5.41) is 14.9. The molecule has 0 aromatic heterocycles. The molecule has 6 heteroatoms. The molecule has 1 saturated carbocycles. The number of hydrogen-bond acceptors (Lipinski definition) is 2. The Labute approximate surface area is 132 Å². The first kappa shape index (κ1) is 15.8. The van der Waals surface area contributed by atoms with Gasteiger partial charge in [-0.2, -0.15) is 0 Å². The minimum Gasteiger partial charge on any atom is -0.480 e. The van der Waals surface area contributed by atoms with Crippen molar-refractivity contribution in [2.75, 3.05) is 5.32 Å². The van der Waals surface area contributed by atoms with E-state index in [4.69, 9.17) is 0 Å². The van der Waals surface area contributed by atoms with E-state index in [1.165, 1.54) is 0 Å². The van der Waals surface area contributed by atoms with Gasteiger partial charge < -0.3 is 15.7 Å². The zero-order valence-corrected chi connectivity index (χ0v) is 13.4. The van der Waals surface area contributed by atoms with Crippen LogP contribution in [0.25, 0.3) is 0 Å². The van der Waals surface area contributed by atoms with E-state index in [9.17, 15) is 14.7 Å². The number of halogens is 1. The number of carbonyl (C=O) groups excluding carboxylic acids is 1. The van der Waals surface area contributed by atoms with E-state index in [1.54, 1.807) is 12.1 Å². The van der Waals surface area contributed by atoms with Gasteiger partial charge in [-0.25, -0.2) is 9.59 Å². The van der Waals surface area contributed by atoms with E-state index in [2.05, 4.69) is 26.6 Å². The molecule has 5 nitrogen and oxygen atoms in total. The normalized spacial score (nSPS) is 25.1. The first-order valence-corrected chi connectivity index (χ1v) is 7.79. The maximum Gasteiger partial charge on any atom is 0.329 e. The van der Waals surface area contributed by atoms with Crippen LogP contribution < -0.4 is 10.6 Å². The van der Waals surface area contributed by atoms with Crippen LogP contribution in [0.4, 0.5) is 10.5 Å². The number of anilines is 1. The van der Waals surface area contributed by atoms with E-state index in [0.717, 1.165) is 17.3 Å². The molecule has 2 amide bonds. The lowest BCUT2D eigenvalue weighted by Crippen LogP contribution is -2.57. The number of rotatable bonds is 3. The summed E-state index contributed by atoms with van der Waals surface area (Å²) in [7, 11) is 0. The van der Waals surface area contributed by atoms with E-state index >= 15 is 0 Å². The van der Waals surface area contributed by atoms with Crippen molar-refractivity contribution in [1.82, 2.24) is 5.32 Å². The fourth-order valence-electron chi connectivity index (χ4n) is 2.85. The number of carboxylic acid groups (broad SMARTS) is 1. The average Bonchev–Trinajstić information content (AvgIpc) is 2.41. The Morgan fingerprint density at radius 1 is 1.38 bits per heavy atom. The van der Waals surface area contributed by atoms with Gasteiger partial charge in [-0.15, -0.1) is 0 Å². The van der Waals surface area contributed by atoms with Crippen LogP contribution >= 0.6 is 15.9 Å². The van der Waals surface area contributed by atoms with Gasteiger partial charge >= 0.3 is 12.0 Å². The average molecular weight is 355 g/mol. The second-order valence-electron chi connectivity index (χ2n) is 5.65. The highest BCUT2D eigenvalue weighted by molar-refractivity contribution is 9.10. The number of benzene rings is 1. The molecule has 1 aromatic carbocycles. The highest BCUT2D eigenvalue weighted by atomic mass is 79.9. The van der Waals surface area contributed by atoms with Gasteiger partial charge in [0.2, 0.25) is 0 Å². The zero-order chi connectivity index (χ0) is 15.5. The van der Waals surface area contributed by atoms with Crippen molar-refractivity contribution < 1.29 is 14.7 Å². The van der Waals surface area contributed by atoms with Gasteiger partial charge in [0.05, 0.1) is 5.69 Å². The molecular weight excluding hydrogens is 336 g/mol. The molecule has 1 aromatic rings. The molecule has 2 atom stereocenters. The Morgan fingerprint density at radius 2 is 2.10 bits per heavy atom. The number of nitrogens with one attached hydrogen (secondary N) is 2. The van der Waals surface area contributed by atoms with Gasteiger partial charge in [0.25, 0.3) is 0 Å². The smallest absolute Gasteiger partial charge is 0.329 e. The number of hydrogen-bond donors (Lipinski definition) is 3. The monoisotopic (exact) mass is 354 g/mol. The molecule has 2 unspecified atom stereocenters. The van der Waals surface area contributed by atoms with E-state index in [-0.39, 0.29) is 0 Å². The molecule has 21 heavy (non-hydrogen) atoms. The van der Waals surface area contributed by atoms with Crippen LogP contribution in [0.2, 0.25) is 0 Å². The second kappa shape index (κ2) is 6.47. The number of carboxylic acids is 1. The van der Waals surface area contributed by atoms with E-state index < -0.39 is 17.5 Å². The van der Waals surface area contributed by atoms with Crippen LogP contribution in [0.15, 0.2) is 28.7 Å². The summed E-state index contributed by atoms with van der Waals surface area (Å²) in [6.45, 7) is 2.02. The second-order valence-corrected chi connectivity index (χ2v) is 6.50. The molecule has 2 rings (SSSR count). The van der Waals surface area contributed by atoms with Crippen molar-refractivity contribution in [3.63, 3.8) is 0 Å². The van der Waals surface area contributed by atoms with Gasteiger partial charge in [0.15, 0.2) is 0 Å². The fraction of sp³-hybridized carbons (Fsp3) is 0.467. The van der Waals surface area contributed by atoms with Crippen LogP contribution in [-0.2, 0) is 4.79 Å². The molecule has 0 spiro atoms. The minimum absolute atomic E-state index is 0.290. The van der Waals surface area contributed by atoms with Crippen LogP contribution in [0.1, 0.15) is 32.6 Å². The summed E-state index contributed by atoms with van der Waals surface area (Å²) < 4.78 is 0.751. The Bertz CT molecular complexity index is 549. The summed E-state index contributed by atoms with van der Waals surface area (Å²) >= 11 is 3.34. The number of amides is 2. The highest BCUT2D eigenvalue weighted by Gasteiger charge is 2.43. The Hall–Kier alpha value is -1.56. The molecule has 0 radical (unpaired) electrons. The number of urea groups is 1. The lowest BCUT2D eigenvalue weighted by molar-refractivity contribution is -0.146. The SMILES string of the molecule is CC1CCCC(NC(=O)Nc2ccccc2Br)(C(=O)O)C1. The summed E-state index contributed by atoms with van der Waals surface area (Å²) in [5.41, 5.74) is -0.553. The summed E-state index contributed by atoms with van der Waals surface area (Å²) in [6.07, 6.45) is 2.74. The first-order valence-electron chi connectivity index (χ1n) is 7.00. The quantitative estimate of drug-likeness (QED) is 0.775. The van der Waals surface area contributed by atoms with Gasteiger partial charge in [-0.05, 0) is 46.8 Å². The Balaban J connectivity index is 2.09. The fourth-order valence-corrected chi connectivity index (χ4v) is 3.23. The topological polar surface area (TPSA) is 78.4 Å². The highest BCUT2D eigenvalue weighted by Crippen LogP contribution is 2.32.